The first kappa shape index (κ1) is 13.5. The van der Waals surface area contributed by atoms with Crippen LogP contribution >= 0.6 is 12.2 Å². The summed E-state index contributed by atoms with van der Waals surface area (Å²) in [4.78, 5) is 12.0. The van der Waals surface area contributed by atoms with E-state index in [1.165, 1.54) is 0 Å². The SMILES string of the molecule is CCCc1n[nH]c(=S)n1CC(=O)Nc1ccccc1. The van der Waals surface area contributed by atoms with Gasteiger partial charge in [0.1, 0.15) is 12.4 Å². The van der Waals surface area contributed by atoms with Crippen molar-refractivity contribution in [2.24, 2.45) is 0 Å². The number of hydrogen-bond acceptors (Lipinski definition) is 3. The van der Waals surface area contributed by atoms with Crippen LogP contribution in [-0.2, 0) is 17.8 Å². The fraction of sp³-hybridized carbons (Fsp3) is 0.308. The number of amides is 1. The monoisotopic (exact) mass is 276 g/mol. The molecule has 0 saturated carbocycles. The van der Waals surface area contributed by atoms with Gasteiger partial charge in [0.05, 0.1) is 0 Å². The zero-order valence-corrected chi connectivity index (χ0v) is 11.5. The Hall–Kier alpha value is -1.95. The highest BCUT2D eigenvalue weighted by Gasteiger charge is 2.09. The zero-order chi connectivity index (χ0) is 13.7. The van der Waals surface area contributed by atoms with Gasteiger partial charge in [-0.2, -0.15) is 5.10 Å². The van der Waals surface area contributed by atoms with Crippen LogP contribution < -0.4 is 5.32 Å². The van der Waals surface area contributed by atoms with Crippen LogP contribution in [0.5, 0.6) is 0 Å². The Labute approximate surface area is 116 Å². The van der Waals surface area contributed by atoms with Gasteiger partial charge in [-0.3, -0.25) is 14.5 Å². The Bertz CT molecular complexity index is 603. The van der Waals surface area contributed by atoms with Gasteiger partial charge in [-0.1, -0.05) is 25.1 Å². The van der Waals surface area contributed by atoms with Crippen LogP contribution in [0.15, 0.2) is 30.3 Å². The Balaban J connectivity index is 2.07. The van der Waals surface area contributed by atoms with Crippen molar-refractivity contribution in [2.45, 2.75) is 26.3 Å². The van der Waals surface area contributed by atoms with Gasteiger partial charge in [0.15, 0.2) is 4.77 Å². The van der Waals surface area contributed by atoms with E-state index in [1.807, 2.05) is 30.3 Å². The number of H-pyrrole nitrogens is 1. The predicted molar refractivity (Wildman–Crippen MR) is 76.5 cm³/mol. The molecule has 1 heterocycles. The number of anilines is 1. The summed E-state index contributed by atoms with van der Waals surface area (Å²) in [5.74, 6) is 0.705. The van der Waals surface area contributed by atoms with Crippen molar-refractivity contribution in [1.29, 1.82) is 0 Å². The number of nitrogens with one attached hydrogen (secondary N) is 2. The van der Waals surface area contributed by atoms with Crippen LogP contribution in [0.25, 0.3) is 0 Å². The van der Waals surface area contributed by atoms with E-state index in [0.717, 1.165) is 24.4 Å². The molecule has 2 rings (SSSR count). The number of rotatable bonds is 5. The third kappa shape index (κ3) is 3.51. The topological polar surface area (TPSA) is 62.7 Å². The van der Waals surface area contributed by atoms with E-state index in [0.29, 0.717) is 4.77 Å². The Morgan fingerprint density at radius 1 is 1.42 bits per heavy atom. The van der Waals surface area contributed by atoms with E-state index in [4.69, 9.17) is 12.2 Å². The molecule has 0 fully saturated rings. The standard InChI is InChI=1S/C13H16N4OS/c1-2-6-11-15-16-13(19)17(11)9-12(18)14-10-7-4-3-5-8-10/h3-5,7-8H,2,6,9H2,1H3,(H,14,18)(H,16,19). The third-order valence-electron chi connectivity index (χ3n) is 2.67. The first-order chi connectivity index (χ1) is 9.20. The molecule has 0 saturated heterocycles. The molecule has 0 radical (unpaired) electrons. The molecule has 0 spiro atoms. The van der Waals surface area contributed by atoms with Crippen molar-refractivity contribution in [1.82, 2.24) is 14.8 Å². The van der Waals surface area contributed by atoms with Crippen LogP contribution in [0.1, 0.15) is 19.2 Å². The second-order valence-electron chi connectivity index (χ2n) is 4.20. The Morgan fingerprint density at radius 2 is 2.16 bits per heavy atom. The summed E-state index contributed by atoms with van der Waals surface area (Å²) >= 11 is 5.13. The molecular formula is C13H16N4OS. The number of para-hydroxylation sites is 1. The molecule has 6 heteroatoms. The van der Waals surface area contributed by atoms with E-state index in [2.05, 4.69) is 22.4 Å². The van der Waals surface area contributed by atoms with E-state index in [-0.39, 0.29) is 12.5 Å². The van der Waals surface area contributed by atoms with Gasteiger partial charge < -0.3 is 5.32 Å². The molecule has 2 N–H and O–H groups in total. The minimum atomic E-state index is -0.110. The van der Waals surface area contributed by atoms with Gasteiger partial charge in [0.25, 0.3) is 0 Å². The largest absolute Gasteiger partial charge is 0.325 e. The van der Waals surface area contributed by atoms with Crippen molar-refractivity contribution in [3.63, 3.8) is 0 Å². The minimum Gasteiger partial charge on any atom is -0.325 e. The number of aromatic amines is 1. The van der Waals surface area contributed by atoms with Gasteiger partial charge in [0, 0.05) is 12.1 Å². The van der Waals surface area contributed by atoms with Crippen LogP contribution in [0.3, 0.4) is 0 Å². The fourth-order valence-electron chi connectivity index (χ4n) is 1.79. The third-order valence-corrected chi connectivity index (χ3v) is 2.98. The molecule has 19 heavy (non-hydrogen) atoms. The van der Waals surface area contributed by atoms with Crippen LogP contribution in [0.4, 0.5) is 5.69 Å². The number of aromatic nitrogens is 3. The summed E-state index contributed by atoms with van der Waals surface area (Å²) < 4.78 is 2.21. The van der Waals surface area contributed by atoms with Gasteiger partial charge in [-0.05, 0) is 30.8 Å². The maximum absolute atomic E-state index is 12.0. The molecule has 0 aliphatic rings. The first-order valence-corrected chi connectivity index (χ1v) is 6.60. The fourth-order valence-corrected chi connectivity index (χ4v) is 2.01. The van der Waals surface area contributed by atoms with Gasteiger partial charge in [-0.15, -0.1) is 0 Å². The van der Waals surface area contributed by atoms with Gasteiger partial charge in [-0.25, -0.2) is 0 Å². The number of carbonyl (C=O) groups excluding carboxylic acids is 1. The number of carbonyl (C=O) groups is 1. The van der Waals surface area contributed by atoms with Crippen molar-refractivity contribution in [2.75, 3.05) is 5.32 Å². The molecule has 2 aromatic rings. The zero-order valence-electron chi connectivity index (χ0n) is 10.7. The summed E-state index contributed by atoms with van der Waals surface area (Å²) in [7, 11) is 0. The Kier molecular flexibility index (Phi) is 4.46. The molecule has 0 aliphatic carbocycles. The second kappa shape index (κ2) is 6.29. The van der Waals surface area contributed by atoms with E-state index in [9.17, 15) is 4.79 Å². The maximum Gasteiger partial charge on any atom is 0.244 e. The lowest BCUT2D eigenvalue weighted by Gasteiger charge is -2.07. The number of benzene rings is 1. The maximum atomic E-state index is 12.0. The number of aryl methyl sites for hydroxylation is 1. The molecule has 1 amide bonds. The highest BCUT2D eigenvalue weighted by atomic mass is 32.1. The van der Waals surface area contributed by atoms with E-state index < -0.39 is 0 Å². The van der Waals surface area contributed by atoms with Crippen molar-refractivity contribution in [3.05, 3.63) is 40.9 Å². The van der Waals surface area contributed by atoms with Crippen molar-refractivity contribution in [3.8, 4) is 0 Å². The van der Waals surface area contributed by atoms with Crippen LogP contribution in [-0.4, -0.2) is 20.7 Å². The molecule has 100 valence electrons. The van der Waals surface area contributed by atoms with Crippen LogP contribution in [0, 0.1) is 4.77 Å². The lowest BCUT2D eigenvalue weighted by molar-refractivity contribution is -0.116. The molecule has 0 atom stereocenters. The normalized spacial score (nSPS) is 10.4. The predicted octanol–water partition coefficient (Wildman–Crippen LogP) is 2.53. The van der Waals surface area contributed by atoms with Crippen molar-refractivity contribution < 1.29 is 4.79 Å². The minimum absolute atomic E-state index is 0.110. The van der Waals surface area contributed by atoms with Gasteiger partial charge >= 0.3 is 0 Å². The molecule has 0 unspecified atom stereocenters. The quantitative estimate of drug-likeness (QED) is 0.825. The van der Waals surface area contributed by atoms with E-state index >= 15 is 0 Å². The molecule has 0 bridgehead atoms. The molecular weight excluding hydrogens is 260 g/mol. The summed E-state index contributed by atoms with van der Waals surface area (Å²) in [5, 5.41) is 9.69. The first-order valence-electron chi connectivity index (χ1n) is 6.19. The average molecular weight is 276 g/mol. The lowest BCUT2D eigenvalue weighted by atomic mass is 10.3. The van der Waals surface area contributed by atoms with Crippen LogP contribution in [0.2, 0.25) is 0 Å². The van der Waals surface area contributed by atoms with E-state index in [1.54, 1.807) is 4.57 Å². The Morgan fingerprint density at radius 3 is 2.84 bits per heavy atom. The van der Waals surface area contributed by atoms with Crippen molar-refractivity contribution >= 4 is 23.8 Å². The summed E-state index contributed by atoms with van der Waals surface area (Å²) in [5.41, 5.74) is 0.777. The number of hydrogen-bond donors (Lipinski definition) is 2. The molecule has 5 nitrogen and oxygen atoms in total. The average Bonchev–Trinajstić information content (AvgIpc) is 2.73. The molecule has 1 aromatic heterocycles. The molecule has 0 aliphatic heterocycles. The summed E-state index contributed by atoms with van der Waals surface area (Å²) in [6.07, 6.45) is 1.76. The lowest BCUT2D eigenvalue weighted by Crippen LogP contribution is -2.20. The highest BCUT2D eigenvalue weighted by molar-refractivity contribution is 7.71. The van der Waals surface area contributed by atoms with Gasteiger partial charge in [0.2, 0.25) is 5.91 Å². The smallest absolute Gasteiger partial charge is 0.244 e. The summed E-state index contributed by atoms with van der Waals surface area (Å²) in [6, 6.07) is 9.35. The molecule has 1 aromatic carbocycles. The second-order valence-corrected chi connectivity index (χ2v) is 4.58. The number of nitrogens with zero attached hydrogens (tertiary/aromatic N) is 2. The summed E-state index contributed by atoms with van der Waals surface area (Å²) in [6.45, 7) is 2.24. The highest BCUT2D eigenvalue weighted by Crippen LogP contribution is 2.06.